The Labute approximate surface area is 177 Å². The Hall–Kier alpha value is -2.84. The number of carbonyl (C=O) groups is 2. The van der Waals surface area contributed by atoms with E-state index in [0.29, 0.717) is 13.1 Å². The maximum Gasteiger partial charge on any atom is 0.408 e. The summed E-state index contributed by atoms with van der Waals surface area (Å²) in [5.41, 5.74) is 1.28. The fraction of sp³-hybridized carbons (Fsp3) is 0.476. The van der Waals surface area contributed by atoms with Gasteiger partial charge in [0.25, 0.3) is 0 Å². The minimum Gasteiger partial charge on any atom is -0.444 e. The van der Waals surface area contributed by atoms with E-state index in [4.69, 9.17) is 9.72 Å². The second kappa shape index (κ2) is 7.77. The van der Waals surface area contributed by atoms with E-state index in [2.05, 4.69) is 9.88 Å². The fourth-order valence-corrected chi connectivity index (χ4v) is 3.75. The molecule has 1 aliphatic heterocycles. The first-order valence-corrected chi connectivity index (χ1v) is 10.0. The van der Waals surface area contributed by atoms with Crippen LogP contribution in [0, 0.1) is 5.82 Å². The second-order valence-corrected chi connectivity index (χ2v) is 8.99. The van der Waals surface area contributed by atoms with E-state index in [0.717, 1.165) is 22.7 Å². The highest BCUT2D eigenvalue weighted by atomic mass is 19.1. The van der Waals surface area contributed by atoms with Crippen molar-refractivity contribution < 1.29 is 18.7 Å². The molecule has 0 saturated heterocycles. The summed E-state index contributed by atoms with van der Waals surface area (Å²) in [5, 5.41) is 2.53. The molecule has 0 bridgehead atoms. The first-order valence-electron chi connectivity index (χ1n) is 10.0. The van der Waals surface area contributed by atoms with E-state index in [1.807, 2.05) is 21.7 Å². The summed E-state index contributed by atoms with van der Waals surface area (Å²) in [6.07, 6.45) is -0.624. The molecule has 2 heterocycles. The third-order valence-electron chi connectivity index (χ3n) is 5.19. The Morgan fingerprint density at radius 3 is 2.47 bits per heavy atom. The summed E-state index contributed by atoms with van der Waals surface area (Å²) in [5.74, 6) is 0.257. The molecule has 7 nitrogen and oxygen atoms in total. The van der Waals surface area contributed by atoms with Crippen LogP contribution in [0.1, 0.15) is 40.4 Å². The number of rotatable bonds is 3. The Bertz CT molecular complexity index is 964. The molecule has 0 unspecified atom stereocenters. The number of aromatic nitrogens is 2. The van der Waals surface area contributed by atoms with E-state index >= 15 is 0 Å². The zero-order chi connectivity index (χ0) is 22.3. The van der Waals surface area contributed by atoms with Crippen LogP contribution in [-0.4, -0.2) is 53.0 Å². The summed E-state index contributed by atoms with van der Waals surface area (Å²) < 4.78 is 20.6. The molecule has 0 radical (unpaired) electrons. The second-order valence-electron chi connectivity index (χ2n) is 8.99. The van der Waals surface area contributed by atoms with Crippen molar-refractivity contribution in [3.05, 3.63) is 35.9 Å². The molecule has 1 aromatic heterocycles. The molecule has 2 aromatic rings. The molecule has 30 heavy (non-hydrogen) atoms. The zero-order valence-corrected chi connectivity index (χ0v) is 18.4. The summed E-state index contributed by atoms with van der Waals surface area (Å²) in [6.45, 7) is 10.1. The number of hydrogen-bond donors (Lipinski definition) is 1. The highest BCUT2D eigenvalue weighted by Gasteiger charge is 2.40. The van der Waals surface area contributed by atoms with Crippen LogP contribution in [0.3, 0.4) is 0 Å². The van der Waals surface area contributed by atoms with Gasteiger partial charge in [0.2, 0.25) is 5.91 Å². The predicted octanol–water partition coefficient (Wildman–Crippen LogP) is 1.55. The lowest BCUT2D eigenvalue weighted by Crippen LogP contribution is -2.55. The average molecular weight is 414 g/mol. The lowest BCUT2D eigenvalue weighted by Gasteiger charge is -2.42. The fourth-order valence-electron chi connectivity index (χ4n) is 3.75. The lowest BCUT2D eigenvalue weighted by molar-refractivity contribution is -0.137. The average Bonchev–Trinajstić information content (AvgIpc) is 2.97. The smallest absolute Gasteiger partial charge is 0.408 e. The molecule has 1 N–H and O–H groups in total. The molecule has 3 rings (SSSR count). The topological polar surface area (TPSA) is 76.5 Å². The highest BCUT2D eigenvalue weighted by molar-refractivity contribution is 6.34. The Balaban J connectivity index is 1.80. The van der Waals surface area contributed by atoms with E-state index in [-0.39, 0.29) is 18.3 Å². The summed E-state index contributed by atoms with van der Waals surface area (Å²) in [7, 11) is 1.98. The van der Waals surface area contributed by atoms with Crippen molar-refractivity contribution in [1.82, 2.24) is 19.8 Å². The monoisotopic (exact) mass is 414 g/mol. The van der Waals surface area contributed by atoms with Crippen molar-refractivity contribution in [2.45, 2.75) is 52.3 Å². The van der Waals surface area contributed by atoms with Crippen molar-refractivity contribution in [1.29, 1.82) is 0 Å². The maximum atomic E-state index is 13.3. The van der Waals surface area contributed by atoms with Gasteiger partial charge in [0.15, 0.2) is 7.85 Å². The van der Waals surface area contributed by atoms with Gasteiger partial charge < -0.3 is 19.5 Å². The quantitative estimate of drug-likeness (QED) is 0.774. The van der Waals surface area contributed by atoms with Gasteiger partial charge in [0, 0.05) is 18.7 Å². The van der Waals surface area contributed by atoms with Crippen molar-refractivity contribution in [2.75, 3.05) is 13.1 Å². The molecule has 0 aliphatic carbocycles. The van der Waals surface area contributed by atoms with E-state index in [1.165, 1.54) is 12.1 Å². The maximum absolute atomic E-state index is 13.3. The molecule has 0 spiro atoms. The van der Waals surface area contributed by atoms with Crippen molar-refractivity contribution in [3.8, 4) is 11.3 Å². The molecule has 0 atom stereocenters. The van der Waals surface area contributed by atoms with Crippen molar-refractivity contribution in [3.63, 3.8) is 0 Å². The first-order chi connectivity index (χ1) is 13.9. The summed E-state index contributed by atoms with van der Waals surface area (Å²) in [4.78, 5) is 31.3. The van der Waals surface area contributed by atoms with Crippen LogP contribution < -0.4 is 10.9 Å². The van der Waals surface area contributed by atoms with E-state index in [1.54, 1.807) is 37.8 Å². The van der Waals surface area contributed by atoms with Gasteiger partial charge in [-0.2, -0.15) is 0 Å². The van der Waals surface area contributed by atoms with Crippen LogP contribution in [0.4, 0.5) is 9.18 Å². The number of fused-ring (bicyclic) bond motifs is 1. The van der Waals surface area contributed by atoms with Crippen LogP contribution in [-0.2, 0) is 21.6 Å². The van der Waals surface area contributed by atoms with Gasteiger partial charge in [0.1, 0.15) is 23.8 Å². The van der Waals surface area contributed by atoms with Gasteiger partial charge in [-0.1, -0.05) is 0 Å². The van der Waals surface area contributed by atoms with E-state index < -0.39 is 17.2 Å². The van der Waals surface area contributed by atoms with Crippen LogP contribution >= 0.6 is 0 Å². The number of hydrogen-bond acceptors (Lipinski definition) is 4. The number of halogens is 1. The summed E-state index contributed by atoms with van der Waals surface area (Å²) >= 11 is 0. The number of imidazole rings is 1. The minimum atomic E-state index is -0.673. The van der Waals surface area contributed by atoms with E-state index in [9.17, 15) is 14.0 Å². The van der Waals surface area contributed by atoms with Crippen molar-refractivity contribution >= 4 is 25.4 Å². The summed E-state index contributed by atoms with van der Waals surface area (Å²) in [6, 6.07) is 6.24. The number of ether oxygens (including phenoxy) is 1. The van der Waals surface area contributed by atoms with Gasteiger partial charge in [-0.15, -0.1) is 0 Å². The molecule has 1 aliphatic rings. The van der Waals surface area contributed by atoms with Gasteiger partial charge in [-0.3, -0.25) is 4.79 Å². The normalized spacial score (nSPS) is 15.5. The lowest BCUT2D eigenvalue weighted by atomic mass is 9.96. The van der Waals surface area contributed by atoms with Crippen LogP contribution in [0.25, 0.3) is 11.3 Å². The Morgan fingerprint density at radius 1 is 1.23 bits per heavy atom. The van der Waals surface area contributed by atoms with Gasteiger partial charge >= 0.3 is 6.09 Å². The van der Waals surface area contributed by atoms with Gasteiger partial charge in [-0.05, 0) is 64.5 Å². The molecule has 0 saturated carbocycles. The third-order valence-corrected chi connectivity index (χ3v) is 5.19. The van der Waals surface area contributed by atoms with Crippen LogP contribution in [0.15, 0.2) is 24.3 Å². The molecule has 0 fully saturated rings. The molecular weight excluding hydrogens is 386 g/mol. The predicted molar refractivity (Wildman–Crippen MR) is 115 cm³/mol. The number of benzene rings is 1. The number of nitrogens with zero attached hydrogens (tertiary/aromatic N) is 3. The molecule has 1 aromatic carbocycles. The number of nitrogens with one attached hydrogen (secondary N) is 1. The Morgan fingerprint density at radius 2 is 1.87 bits per heavy atom. The molecular formula is C21H28BFN4O3. The number of amides is 2. The standard InChI is InChI=1S/C21H28BFN4O3/c1-20(2,3)30-19(29)24-12-15(28)27-11-10-26-17(22)16(25-18(26)21(27,4)5)13-6-8-14(23)9-7-13/h6-9H,10-12,22H2,1-5H3,(H,24,29). The third kappa shape index (κ3) is 4.34. The van der Waals surface area contributed by atoms with Gasteiger partial charge in [0.05, 0.1) is 11.2 Å². The minimum absolute atomic E-state index is 0.150. The van der Waals surface area contributed by atoms with Crippen LogP contribution in [0.5, 0.6) is 0 Å². The number of carbonyl (C=O) groups excluding carboxylic acids is 2. The van der Waals surface area contributed by atoms with Gasteiger partial charge in [-0.25, -0.2) is 14.2 Å². The SMILES string of the molecule is Bc1c(-c2ccc(F)cc2)nc2n1CCN(C(=O)CNC(=O)OC(C)(C)C)C2(C)C. The van der Waals surface area contributed by atoms with Crippen molar-refractivity contribution in [2.24, 2.45) is 0 Å². The molecule has 2 amide bonds. The zero-order valence-electron chi connectivity index (χ0n) is 18.4. The highest BCUT2D eigenvalue weighted by Crippen LogP contribution is 2.32. The first kappa shape index (κ1) is 21.9. The van der Waals surface area contributed by atoms with Crippen LogP contribution in [0.2, 0.25) is 0 Å². The Kier molecular flexibility index (Phi) is 5.67. The molecule has 9 heteroatoms. The molecule has 160 valence electrons. The number of alkyl carbamates (subject to hydrolysis) is 1. The largest absolute Gasteiger partial charge is 0.444 e.